The summed E-state index contributed by atoms with van der Waals surface area (Å²) < 4.78 is 32.8. The normalized spacial score (nSPS) is 20.4. The highest BCUT2D eigenvalue weighted by atomic mass is 32.2. The second-order valence-corrected chi connectivity index (χ2v) is 7.08. The van der Waals surface area contributed by atoms with Crippen LogP contribution in [0.5, 0.6) is 0 Å². The molecule has 2 N–H and O–H groups in total. The Labute approximate surface area is 124 Å². The third-order valence-corrected chi connectivity index (χ3v) is 5.05. The first-order valence-corrected chi connectivity index (χ1v) is 8.36. The molecule has 1 aliphatic rings. The monoisotopic (exact) mass is 315 g/mol. The quantitative estimate of drug-likeness (QED) is 0.814. The molecule has 118 valence electrons. The van der Waals surface area contributed by atoms with Gasteiger partial charge in [0.05, 0.1) is 12.1 Å². The standard InChI is InChI=1S/C13H21N3O4S/c1-9(12-5-4-6-20-12)15-13(17)11-7-10(8-16(11)3)21(18,19)14-2/h7-9,12,14H,4-6H2,1-3H3,(H,15,17)/t9-,12+/m0/s1. The highest BCUT2D eigenvalue weighted by Crippen LogP contribution is 2.17. The smallest absolute Gasteiger partial charge is 0.268 e. The predicted octanol–water partition coefficient (Wildman–Crippen LogP) is 0.231. The number of aromatic nitrogens is 1. The lowest BCUT2D eigenvalue weighted by Crippen LogP contribution is -2.41. The number of hydrogen-bond donors (Lipinski definition) is 2. The van der Waals surface area contributed by atoms with Crippen molar-refractivity contribution in [2.75, 3.05) is 13.7 Å². The van der Waals surface area contributed by atoms with E-state index >= 15 is 0 Å². The molecule has 0 saturated carbocycles. The van der Waals surface area contributed by atoms with Gasteiger partial charge in [-0.1, -0.05) is 0 Å². The van der Waals surface area contributed by atoms with Crippen LogP contribution >= 0.6 is 0 Å². The summed E-state index contributed by atoms with van der Waals surface area (Å²) in [6.07, 6.45) is 3.36. The van der Waals surface area contributed by atoms with Gasteiger partial charge in [-0.15, -0.1) is 0 Å². The van der Waals surface area contributed by atoms with E-state index in [0.717, 1.165) is 19.4 Å². The summed E-state index contributed by atoms with van der Waals surface area (Å²) in [6.45, 7) is 2.61. The van der Waals surface area contributed by atoms with Crippen LogP contribution in [0.3, 0.4) is 0 Å². The van der Waals surface area contributed by atoms with E-state index in [9.17, 15) is 13.2 Å². The van der Waals surface area contributed by atoms with Crippen molar-refractivity contribution in [2.24, 2.45) is 7.05 Å². The van der Waals surface area contributed by atoms with Crippen molar-refractivity contribution in [1.82, 2.24) is 14.6 Å². The molecule has 0 radical (unpaired) electrons. The van der Waals surface area contributed by atoms with Crippen molar-refractivity contribution in [3.05, 3.63) is 18.0 Å². The fraction of sp³-hybridized carbons (Fsp3) is 0.615. The molecule has 1 aromatic rings. The molecule has 1 amide bonds. The number of carbonyl (C=O) groups is 1. The third kappa shape index (κ3) is 3.45. The number of aryl methyl sites for hydroxylation is 1. The van der Waals surface area contributed by atoms with Gasteiger partial charge >= 0.3 is 0 Å². The fourth-order valence-electron chi connectivity index (χ4n) is 2.40. The van der Waals surface area contributed by atoms with Crippen LogP contribution in [0.25, 0.3) is 0 Å². The number of rotatable bonds is 5. The first kappa shape index (κ1) is 16.0. The van der Waals surface area contributed by atoms with E-state index in [1.807, 2.05) is 6.92 Å². The molecule has 0 aromatic carbocycles. The summed E-state index contributed by atoms with van der Waals surface area (Å²) in [5.41, 5.74) is 0.300. The molecule has 1 aromatic heterocycles. The average molecular weight is 315 g/mol. The average Bonchev–Trinajstić information content (AvgIpc) is 3.07. The molecule has 2 atom stereocenters. The molecule has 2 heterocycles. The van der Waals surface area contributed by atoms with E-state index in [1.165, 1.54) is 23.9 Å². The number of sulfonamides is 1. The van der Waals surface area contributed by atoms with E-state index in [4.69, 9.17) is 4.74 Å². The highest BCUT2D eigenvalue weighted by Gasteiger charge is 2.25. The second-order valence-electron chi connectivity index (χ2n) is 5.19. The van der Waals surface area contributed by atoms with Crippen LogP contribution in [-0.4, -0.2) is 44.7 Å². The van der Waals surface area contributed by atoms with Crippen LogP contribution in [0.4, 0.5) is 0 Å². The summed E-state index contributed by atoms with van der Waals surface area (Å²) >= 11 is 0. The summed E-state index contributed by atoms with van der Waals surface area (Å²) in [6, 6.07) is 1.25. The molecule has 0 unspecified atom stereocenters. The first-order valence-electron chi connectivity index (χ1n) is 6.87. The molecule has 1 saturated heterocycles. The number of amides is 1. The van der Waals surface area contributed by atoms with Crippen molar-refractivity contribution in [3.8, 4) is 0 Å². The van der Waals surface area contributed by atoms with Crippen LogP contribution in [0, 0.1) is 0 Å². The zero-order valence-electron chi connectivity index (χ0n) is 12.4. The predicted molar refractivity (Wildman–Crippen MR) is 77.6 cm³/mol. The minimum absolute atomic E-state index is 0.0229. The Bertz CT molecular complexity index is 617. The molecule has 0 bridgehead atoms. The largest absolute Gasteiger partial charge is 0.376 e. The molecule has 1 fully saturated rings. The van der Waals surface area contributed by atoms with E-state index in [0.29, 0.717) is 5.69 Å². The SMILES string of the molecule is CNS(=O)(=O)c1cc(C(=O)N[C@@H](C)[C@H]2CCCO2)n(C)c1. The number of nitrogens with one attached hydrogen (secondary N) is 2. The Hall–Kier alpha value is -1.38. The van der Waals surface area contributed by atoms with Crippen molar-refractivity contribution in [2.45, 2.75) is 36.8 Å². The lowest BCUT2D eigenvalue weighted by atomic mass is 10.1. The Morgan fingerprint density at radius 2 is 2.24 bits per heavy atom. The Morgan fingerprint density at radius 3 is 2.81 bits per heavy atom. The van der Waals surface area contributed by atoms with E-state index in [-0.39, 0.29) is 22.9 Å². The summed E-state index contributed by atoms with van der Waals surface area (Å²) in [4.78, 5) is 12.3. The molecule has 0 spiro atoms. The van der Waals surface area contributed by atoms with Gasteiger partial charge in [-0.25, -0.2) is 13.1 Å². The molecule has 2 rings (SSSR count). The van der Waals surface area contributed by atoms with Crippen molar-refractivity contribution < 1.29 is 17.9 Å². The van der Waals surface area contributed by atoms with Gasteiger partial charge in [0, 0.05) is 19.9 Å². The highest BCUT2D eigenvalue weighted by molar-refractivity contribution is 7.89. The summed E-state index contributed by atoms with van der Waals surface area (Å²) in [5.74, 6) is -0.307. The van der Waals surface area contributed by atoms with Crippen LogP contribution in [0.2, 0.25) is 0 Å². The van der Waals surface area contributed by atoms with Crippen LogP contribution < -0.4 is 10.0 Å². The maximum absolute atomic E-state index is 12.3. The molecule has 0 aliphatic carbocycles. The number of carbonyl (C=O) groups excluding carboxylic acids is 1. The zero-order valence-corrected chi connectivity index (χ0v) is 13.2. The fourth-order valence-corrected chi connectivity index (χ4v) is 3.19. The van der Waals surface area contributed by atoms with Crippen molar-refractivity contribution >= 4 is 15.9 Å². The molecule has 7 nitrogen and oxygen atoms in total. The first-order chi connectivity index (χ1) is 9.85. The van der Waals surface area contributed by atoms with Crippen LogP contribution in [0.15, 0.2) is 17.2 Å². The molecule has 1 aliphatic heterocycles. The van der Waals surface area contributed by atoms with Crippen LogP contribution in [0.1, 0.15) is 30.3 Å². The van der Waals surface area contributed by atoms with E-state index in [2.05, 4.69) is 10.0 Å². The zero-order chi connectivity index (χ0) is 15.6. The summed E-state index contributed by atoms with van der Waals surface area (Å²) in [5, 5.41) is 2.86. The van der Waals surface area contributed by atoms with E-state index < -0.39 is 10.0 Å². The second kappa shape index (κ2) is 6.17. The van der Waals surface area contributed by atoms with Crippen LogP contribution in [-0.2, 0) is 21.8 Å². The van der Waals surface area contributed by atoms with Gasteiger partial charge in [0.1, 0.15) is 10.6 Å². The molecule has 8 heteroatoms. The van der Waals surface area contributed by atoms with Gasteiger partial charge in [0.2, 0.25) is 10.0 Å². The maximum atomic E-state index is 12.3. The summed E-state index contributed by atoms with van der Waals surface area (Å²) in [7, 11) is -0.579. The molecule has 21 heavy (non-hydrogen) atoms. The Morgan fingerprint density at radius 1 is 1.52 bits per heavy atom. The third-order valence-electron chi connectivity index (χ3n) is 3.67. The Kier molecular flexibility index (Phi) is 4.70. The number of ether oxygens (including phenoxy) is 1. The van der Waals surface area contributed by atoms with Crippen molar-refractivity contribution in [1.29, 1.82) is 0 Å². The van der Waals surface area contributed by atoms with Gasteiger partial charge in [-0.3, -0.25) is 4.79 Å². The number of hydrogen-bond acceptors (Lipinski definition) is 4. The van der Waals surface area contributed by atoms with Gasteiger partial charge in [-0.2, -0.15) is 0 Å². The van der Waals surface area contributed by atoms with Gasteiger partial charge in [0.15, 0.2) is 0 Å². The minimum Gasteiger partial charge on any atom is -0.376 e. The maximum Gasteiger partial charge on any atom is 0.268 e. The van der Waals surface area contributed by atoms with Crippen molar-refractivity contribution in [3.63, 3.8) is 0 Å². The molecular formula is C13H21N3O4S. The van der Waals surface area contributed by atoms with Gasteiger partial charge in [0.25, 0.3) is 5.91 Å². The van der Waals surface area contributed by atoms with Gasteiger partial charge < -0.3 is 14.6 Å². The Balaban J connectivity index is 2.12. The van der Waals surface area contributed by atoms with E-state index in [1.54, 1.807) is 7.05 Å². The minimum atomic E-state index is -3.55. The topological polar surface area (TPSA) is 89.4 Å². The lowest BCUT2D eigenvalue weighted by molar-refractivity contribution is 0.0707. The molecular weight excluding hydrogens is 294 g/mol. The number of nitrogens with zero attached hydrogens (tertiary/aromatic N) is 1. The lowest BCUT2D eigenvalue weighted by Gasteiger charge is -2.20. The van der Waals surface area contributed by atoms with Gasteiger partial charge in [-0.05, 0) is 32.9 Å².